The van der Waals surface area contributed by atoms with Crippen LogP contribution in [-0.2, 0) is 23.2 Å². The number of amides is 1. The van der Waals surface area contributed by atoms with E-state index in [2.05, 4.69) is 0 Å². The van der Waals surface area contributed by atoms with Crippen molar-refractivity contribution < 1.29 is 30.8 Å². The standard InChI is InChI=1S/C22H16F4N4O5S/c1-3-36(34,35)30(20(32)13-7-5-4-6-8-13)16-10-17(15(23)9-14(16)12-27)29-19(31)11-18(22(24,25)26)28(2)21(29)33/h4-11H,3H2,1-2H3. The van der Waals surface area contributed by atoms with Crippen LogP contribution in [0.1, 0.15) is 28.5 Å². The molecule has 2 aromatic carbocycles. The van der Waals surface area contributed by atoms with Gasteiger partial charge in [0, 0.05) is 18.7 Å². The van der Waals surface area contributed by atoms with Gasteiger partial charge in [-0.2, -0.15) is 18.4 Å². The first kappa shape index (κ1) is 26.4. The Labute approximate surface area is 201 Å². The highest BCUT2D eigenvalue weighted by Crippen LogP contribution is 2.30. The fourth-order valence-electron chi connectivity index (χ4n) is 3.31. The van der Waals surface area contributed by atoms with E-state index >= 15 is 0 Å². The van der Waals surface area contributed by atoms with Crippen LogP contribution in [0.3, 0.4) is 0 Å². The quantitative estimate of drug-likeness (QED) is 0.473. The van der Waals surface area contributed by atoms with Crippen LogP contribution in [0.2, 0.25) is 0 Å². The second-order valence-corrected chi connectivity index (χ2v) is 9.42. The molecule has 3 rings (SSSR count). The number of carbonyl (C=O) groups is 1. The van der Waals surface area contributed by atoms with Gasteiger partial charge >= 0.3 is 11.9 Å². The molecule has 3 aromatic rings. The highest BCUT2D eigenvalue weighted by molar-refractivity contribution is 7.93. The number of anilines is 1. The van der Waals surface area contributed by atoms with Crippen molar-refractivity contribution >= 4 is 21.6 Å². The largest absolute Gasteiger partial charge is 0.431 e. The average Bonchev–Trinajstić information content (AvgIpc) is 2.82. The molecule has 1 heterocycles. The van der Waals surface area contributed by atoms with Crippen LogP contribution in [0.4, 0.5) is 23.2 Å². The molecule has 0 unspecified atom stereocenters. The lowest BCUT2D eigenvalue weighted by molar-refractivity contribution is -0.144. The summed E-state index contributed by atoms with van der Waals surface area (Å²) in [5, 5.41) is 9.51. The Hall–Kier alpha value is -4.25. The summed E-state index contributed by atoms with van der Waals surface area (Å²) in [7, 11) is -3.76. The minimum absolute atomic E-state index is 0.0406. The van der Waals surface area contributed by atoms with E-state index in [0.29, 0.717) is 19.2 Å². The summed E-state index contributed by atoms with van der Waals surface area (Å²) < 4.78 is 80.6. The van der Waals surface area contributed by atoms with Crippen molar-refractivity contribution in [2.45, 2.75) is 13.1 Å². The number of nitriles is 1. The van der Waals surface area contributed by atoms with Gasteiger partial charge in [0.2, 0.25) is 10.0 Å². The smallest absolute Gasteiger partial charge is 0.292 e. The number of alkyl halides is 3. The van der Waals surface area contributed by atoms with Crippen molar-refractivity contribution in [3.05, 3.63) is 92.0 Å². The third kappa shape index (κ3) is 4.65. The molecule has 0 N–H and O–H groups in total. The molecule has 0 fully saturated rings. The second kappa shape index (κ2) is 9.42. The third-order valence-corrected chi connectivity index (χ3v) is 6.75. The molecular formula is C22H16F4N4O5S. The number of sulfonamides is 1. The Morgan fingerprint density at radius 1 is 1.11 bits per heavy atom. The normalized spacial score (nSPS) is 11.7. The van der Waals surface area contributed by atoms with E-state index in [-0.39, 0.29) is 25.1 Å². The molecule has 1 aromatic heterocycles. The van der Waals surface area contributed by atoms with Crippen LogP contribution in [0, 0.1) is 17.1 Å². The van der Waals surface area contributed by atoms with E-state index < -0.39 is 67.6 Å². The van der Waals surface area contributed by atoms with Crippen LogP contribution in [-0.4, -0.2) is 29.2 Å². The molecule has 0 saturated carbocycles. The highest BCUT2D eigenvalue weighted by Gasteiger charge is 2.36. The zero-order valence-electron chi connectivity index (χ0n) is 18.6. The Morgan fingerprint density at radius 2 is 1.72 bits per heavy atom. The molecule has 0 bridgehead atoms. The molecule has 0 atom stereocenters. The van der Waals surface area contributed by atoms with Gasteiger partial charge in [0.1, 0.15) is 17.6 Å². The number of benzene rings is 2. The van der Waals surface area contributed by atoms with Crippen molar-refractivity contribution in [1.82, 2.24) is 9.13 Å². The molecule has 14 heteroatoms. The fraction of sp³-hybridized carbons (Fsp3) is 0.182. The summed E-state index contributed by atoms with van der Waals surface area (Å²) in [5.74, 6) is -3.15. The van der Waals surface area contributed by atoms with Crippen molar-refractivity contribution in [3.63, 3.8) is 0 Å². The molecule has 0 aliphatic heterocycles. The number of rotatable bonds is 5. The van der Waals surface area contributed by atoms with Gasteiger partial charge in [-0.25, -0.2) is 26.5 Å². The Kier molecular flexibility index (Phi) is 6.90. The Balaban J connectivity index is 2.39. The molecule has 0 aliphatic carbocycles. The molecular weight excluding hydrogens is 508 g/mol. The molecule has 36 heavy (non-hydrogen) atoms. The monoisotopic (exact) mass is 524 g/mol. The SMILES string of the molecule is CCS(=O)(=O)N(C(=O)c1ccccc1)c1cc(-n2c(=O)cc(C(F)(F)F)n(C)c2=O)c(F)cc1C#N. The molecule has 0 aliphatic rings. The van der Waals surface area contributed by atoms with Gasteiger partial charge < -0.3 is 0 Å². The molecule has 0 spiro atoms. The van der Waals surface area contributed by atoms with E-state index in [1.54, 1.807) is 12.1 Å². The summed E-state index contributed by atoms with van der Waals surface area (Å²) in [4.78, 5) is 38.3. The Bertz CT molecular complexity index is 1620. The lowest BCUT2D eigenvalue weighted by Crippen LogP contribution is -2.42. The van der Waals surface area contributed by atoms with Gasteiger partial charge in [-0.05, 0) is 31.2 Å². The number of halogens is 4. The Morgan fingerprint density at radius 3 is 2.25 bits per heavy atom. The van der Waals surface area contributed by atoms with E-state index in [1.807, 2.05) is 0 Å². The fourth-order valence-corrected chi connectivity index (χ4v) is 4.38. The molecule has 0 saturated heterocycles. The molecule has 1 amide bonds. The van der Waals surface area contributed by atoms with Crippen LogP contribution in [0.5, 0.6) is 0 Å². The minimum atomic E-state index is -5.07. The van der Waals surface area contributed by atoms with Crippen LogP contribution >= 0.6 is 0 Å². The first-order chi connectivity index (χ1) is 16.7. The predicted octanol–water partition coefficient (Wildman–Crippen LogP) is 2.56. The second-order valence-electron chi connectivity index (χ2n) is 7.31. The number of aromatic nitrogens is 2. The zero-order chi connectivity index (χ0) is 27.0. The lowest BCUT2D eigenvalue weighted by Gasteiger charge is -2.24. The first-order valence-corrected chi connectivity index (χ1v) is 11.6. The van der Waals surface area contributed by atoms with Gasteiger partial charge in [-0.15, -0.1) is 0 Å². The summed E-state index contributed by atoms with van der Waals surface area (Å²) in [6, 6.07) is 9.68. The first-order valence-electron chi connectivity index (χ1n) is 10.0. The van der Waals surface area contributed by atoms with Gasteiger partial charge in [-0.1, -0.05) is 18.2 Å². The van der Waals surface area contributed by atoms with E-state index in [4.69, 9.17) is 0 Å². The van der Waals surface area contributed by atoms with E-state index in [9.17, 15) is 45.6 Å². The number of carbonyl (C=O) groups excluding carboxylic acids is 1. The van der Waals surface area contributed by atoms with Crippen molar-refractivity contribution in [1.29, 1.82) is 5.26 Å². The van der Waals surface area contributed by atoms with Gasteiger partial charge in [0.15, 0.2) is 0 Å². The van der Waals surface area contributed by atoms with Crippen LogP contribution in [0.15, 0.2) is 58.1 Å². The van der Waals surface area contributed by atoms with Crippen LogP contribution < -0.4 is 15.6 Å². The maximum atomic E-state index is 15.0. The molecule has 188 valence electrons. The summed E-state index contributed by atoms with van der Waals surface area (Å²) in [5.41, 5.74) is -7.18. The number of hydrogen-bond acceptors (Lipinski definition) is 6. The summed E-state index contributed by atoms with van der Waals surface area (Å²) in [6.07, 6.45) is -5.07. The maximum absolute atomic E-state index is 15.0. The molecule has 9 nitrogen and oxygen atoms in total. The lowest BCUT2D eigenvalue weighted by atomic mass is 10.1. The van der Waals surface area contributed by atoms with Crippen molar-refractivity contribution in [2.24, 2.45) is 7.05 Å². The summed E-state index contributed by atoms with van der Waals surface area (Å²) >= 11 is 0. The van der Waals surface area contributed by atoms with Crippen LogP contribution in [0.25, 0.3) is 5.69 Å². The van der Waals surface area contributed by atoms with Gasteiger partial charge in [0.25, 0.3) is 11.5 Å². The number of hydrogen-bond donors (Lipinski definition) is 0. The van der Waals surface area contributed by atoms with Crippen molar-refractivity contribution in [3.8, 4) is 11.8 Å². The number of nitrogens with zero attached hydrogens (tertiary/aromatic N) is 4. The van der Waals surface area contributed by atoms with Crippen molar-refractivity contribution in [2.75, 3.05) is 10.1 Å². The maximum Gasteiger partial charge on any atom is 0.431 e. The van der Waals surface area contributed by atoms with E-state index in [1.165, 1.54) is 31.2 Å². The van der Waals surface area contributed by atoms with Gasteiger partial charge in [0.05, 0.1) is 22.7 Å². The third-order valence-electron chi connectivity index (χ3n) is 5.10. The minimum Gasteiger partial charge on any atom is -0.292 e. The summed E-state index contributed by atoms with van der Waals surface area (Å²) in [6.45, 7) is 1.20. The molecule has 0 radical (unpaired) electrons. The zero-order valence-corrected chi connectivity index (χ0v) is 19.4. The topological polar surface area (TPSA) is 122 Å². The van der Waals surface area contributed by atoms with E-state index in [0.717, 1.165) is 0 Å². The highest BCUT2D eigenvalue weighted by atomic mass is 32.2. The van der Waals surface area contributed by atoms with Gasteiger partial charge in [-0.3, -0.25) is 14.2 Å². The predicted molar refractivity (Wildman–Crippen MR) is 120 cm³/mol. The average molecular weight is 524 g/mol.